The van der Waals surface area contributed by atoms with E-state index in [2.05, 4.69) is 16.0 Å². The molecule has 2 unspecified atom stereocenters. The number of carbonyl (C=O) groups excluding carboxylic acids is 10. The number of ether oxygens (including phenoxy) is 10. The maximum Gasteiger partial charge on any atom is 0.412 e. The molecule has 4 bridgehead atoms. The summed E-state index contributed by atoms with van der Waals surface area (Å²) < 4.78 is 56.2. The first-order valence-electron chi connectivity index (χ1n) is 30.1. The number of alkyl carbamates (subject to hydrolysis) is 1. The molecular formula is C63H82ClN7O21S. The van der Waals surface area contributed by atoms with Crippen molar-refractivity contribution < 1.29 is 100 Å². The van der Waals surface area contributed by atoms with Crippen LogP contribution in [0.1, 0.15) is 80.4 Å². The third kappa shape index (κ3) is 19.2. The lowest BCUT2D eigenvalue weighted by molar-refractivity contribution is -0.162. The van der Waals surface area contributed by atoms with Gasteiger partial charge in [-0.25, -0.2) is 24.0 Å². The largest absolute Gasteiger partial charge is 0.495 e. The number of hydrogen-bond donors (Lipinski definition) is 4. The summed E-state index contributed by atoms with van der Waals surface area (Å²) in [4.78, 5) is 138. The molecule has 8 amide bonds. The average molecular weight is 1340 g/mol. The Morgan fingerprint density at radius 2 is 1.69 bits per heavy atom. The van der Waals surface area contributed by atoms with E-state index in [9.17, 15) is 53.1 Å². The highest BCUT2D eigenvalue weighted by atomic mass is 35.5. The number of hydrogen-bond acceptors (Lipinski definition) is 22. The zero-order chi connectivity index (χ0) is 67.9. The lowest BCUT2D eigenvalue weighted by atomic mass is 9.83. The molecule has 4 aliphatic heterocycles. The summed E-state index contributed by atoms with van der Waals surface area (Å²) in [5.41, 5.74) is -0.769. The summed E-state index contributed by atoms with van der Waals surface area (Å²) in [6, 6.07) is 6.65. The number of carbonyl (C=O) groups is 10. The summed E-state index contributed by atoms with van der Waals surface area (Å²) in [5, 5.41) is 19.3. The van der Waals surface area contributed by atoms with E-state index in [0.29, 0.717) is 23.3 Å². The van der Waals surface area contributed by atoms with Gasteiger partial charge in [0.2, 0.25) is 17.7 Å². The molecule has 1 aliphatic carbocycles. The number of amides is 8. The maximum atomic E-state index is 14.2. The minimum atomic E-state index is -1.91. The first-order chi connectivity index (χ1) is 44.2. The number of imide groups is 1. The smallest absolute Gasteiger partial charge is 0.412 e. The minimum absolute atomic E-state index is 0.00124. The molecule has 3 fully saturated rings. The monoisotopic (exact) mass is 1340 g/mol. The van der Waals surface area contributed by atoms with Crippen LogP contribution in [0.3, 0.4) is 0 Å². The quantitative estimate of drug-likeness (QED) is 0.0441. The van der Waals surface area contributed by atoms with Gasteiger partial charge in [-0.05, 0) is 74.4 Å². The topological polar surface area (TPSA) is 336 Å². The van der Waals surface area contributed by atoms with Crippen LogP contribution in [0.15, 0.2) is 66.3 Å². The number of likely N-dealkylation sites (tertiary alicyclic amines) is 1. The van der Waals surface area contributed by atoms with Crippen molar-refractivity contribution in [3.63, 3.8) is 0 Å². The Bertz CT molecular complexity index is 3220. The van der Waals surface area contributed by atoms with E-state index in [1.54, 1.807) is 56.5 Å². The molecule has 0 spiro atoms. The van der Waals surface area contributed by atoms with Crippen LogP contribution < -0.4 is 20.7 Å². The van der Waals surface area contributed by atoms with E-state index < -0.39 is 108 Å². The molecule has 10 atom stereocenters. The molecule has 7 rings (SSSR count). The van der Waals surface area contributed by atoms with Crippen molar-refractivity contribution in [2.45, 2.75) is 126 Å². The van der Waals surface area contributed by atoms with Crippen molar-refractivity contribution in [3.8, 4) is 5.75 Å². The molecule has 2 aromatic carbocycles. The predicted octanol–water partition coefficient (Wildman–Crippen LogP) is 5.09. The average Bonchev–Trinajstić information content (AvgIpc) is 1.58. The van der Waals surface area contributed by atoms with Crippen molar-refractivity contribution in [1.29, 1.82) is 0 Å². The number of esters is 1. The Balaban J connectivity index is 0.919. The van der Waals surface area contributed by atoms with Gasteiger partial charge in [-0.15, -0.1) is 0 Å². The molecule has 28 nitrogen and oxygen atoms in total. The number of aliphatic hydroxyl groups is 1. The first-order valence-corrected chi connectivity index (χ1v) is 31.8. The number of rotatable bonds is 20. The number of nitrogens with zero attached hydrogens (tertiary/aromatic N) is 4. The summed E-state index contributed by atoms with van der Waals surface area (Å²) in [5.74, 6) is -3.53. The SMILES string of the molecule is COc1cc2cc(c1Cl)CC(=O)C[C@H](OC(=O)[C@H](C)N(C)C(=O)CCOC(=O)N(C)CCN(C)C(=O)OCc1ccc(NC(=O)OC3/C=C/COCOC3)c(C(=O)NCCN3C(=O)CC(SC)C3=O)c1)[C@]1(C)O[C@H]1[C@H](C)[C@@H]1C[C@@](O)(NC(=O)O1)[C@H](OC)/C=C/C=C(\C)C2. The molecule has 0 aromatic heterocycles. The summed E-state index contributed by atoms with van der Waals surface area (Å²) in [6.07, 6.45) is 1.48. The number of Topliss-reactive ketones (excluding diaryl/α,β-unsaturated/α-hetero) is 1. The normalized spacial score (nSPS) is 26.3. The second-order valence-corrected chi connectivity index (χ2v) is 24.8. The van der Waals surface area contributed by atoms with Crippen molar-refractivity contribution in [2.24, 2.45) is 5.92 Å². The molecule has 3 saturated heterocycles. The molecule has 93 heavy (non-hydrogen) atoms. The second-order valence-electron chi connectivity index (χ2n) is 23.4. The highest BCUT2D eigenvalue weighted by molar-refractivity contribution is 8.00. The van der Waals surface area contributed by atoms with E-state index in [-0.39, 0.29) is 119 Å². The standard InChI is InChI=1S/C63H82ClN7O21S/c1-36-13-11-15-49(84-9)63(82)32-47(90-59(79)67-63)37(2)54-62(4,92-54)50(30-42(72)29-41-26-40(25-36)28-46(83-8)53(41)64)91-57(77)38(3)70(7)51(73)18-24-87-60(80)68(5)21-22-69(6)61(81)88-33-39-16-17-45(66-58(78)89-43-14-12-23-85-35-86-34-43)44(27-39)55(75)65-19-20-71-52(74)31-48(93-10)56(71)76/h11-17,26-28,37-38,43,47-50,54,82H,18-25,29-35H2,1-10H3,(H,65,75)(H,66,78)(H,67,79)/b14-12+,15-11+,36-13+/t37-,38+,43?,47+,48?,49-,50+,54+,62+,63+/m1/s1. The maximum absolute atomic E-state index is 14.2. The number of halogens is 1. The zero-order valence-electron chi connectivity index (χ0n) is 53.7. The van der Waals surface area contributed by atoms with Crippen LogP contribution in [0, 0.1) is 5.92 Å². The highest BCUT2D eigenvalue weighted by Crippen LogP contribution is 2.49. The molecule has 4 N–H and O–H groups in total. The Hall–Kier alpha value is -7.80. The van der Waals surface area contributed by atoms with Crippen LogP contribution in [0.2, 0.25) is 5.02 Å². The number of methoxy groups -OCH3 is 2. The fourth-order valence-electron chi connectivity index (χ4n) is 10.9. The van der Waals surface area contributed by atoms with Gasteiger partial charge >= 0.3 is 30.3 Å². The molecule has 0 saturated carbocycles. The van der Waals surface area contributed by atoms with Crippen LogP contribution in [0.4, 0.5) is 24.9 Å². The summed E-state index contributed by atoms with van der Waals surface area (Å²) in [7, 11) is 7.06. The fourth-order valence-corrected chi connectivity index (χ4v) is 11.8. The Labute approximate surface area is 548 Å². The fraction of sp³-hybridized carbons (Fsp3) is 0.556. The van der Waals surface area contributed by atoms with Gasteiger partial charge in [0, 0.05) is 86.0 Å². The predicted molar refractivity (Wildman–Crippen MR) is 335 cm³/mol. The Kier molecular flexibility index (Phi) is 25.7. The number of anilines is 1. The molecule has 508 valence electrons. The van der Waals surface area contributed by atoms with Crippen molar-refractivity contribution in [2.75, 3.05) is 99.7 Å². The molecular weight excluding hydrogens is 1260 g/mol. The third-order valence-electron chi connectivity index (χ3n) is 16.6. The van der Waals surface area contributed by atoms with Gasteiger partial charge in [0.05, 0.1) is 54.4 Å². The van der Waals surface area contributed by atoms with Crippen LogP contribution in [-0.4, -0.2) is 232 Å². The molecule has 4 heterocycles. The molecule has 2 aromatic rings. The minimum Gasteiger partial charge on any atom is -0.495 e. The van der Waals surface area contributed by atoms with Crippen LogP contribution in [0.25, 0.3) is 0 Å². The number of nitrogens with one attached hydrogen (secondary N) is 3. The summed E-state index contributed by atoms with van der Waals surface area (Å²) >= 11 is 8.04. The third-order valence-corrected chi connectivity index (χ3v) is 17.9. The summed E-state index contributed by atoms with van der Waals surface area (Å²) in [6.45, 7) is 5.99. The van der Waals surface area contributed by atoms with Crippen LogP contribution >= 0.6 is 23.4 Å². The number of likely N-dealkylation sites (N-methyl/N-ethyl adjacent to an activating group) is 3. The second kappa shape index (κ2) is 32.9. The Morgan fingerprint density at radius 1 is 0.957 bits per heavy atom. The van der Waals surface area contributed by atoms with Gasteiger partial charge in [-0.2, -0.15) is 11.8 Å². The van der Waals surface area contributed by atoms with E-state index in [1.165, 1.54) is 82.0 Å². The van der Waals surface area contributed by atoms with Gasteiger partial charge < -0.3 is 72.5 Å². The van der Waals surface area contributed by atoms with Crippen LogP contribution in [-0.2, 0) is 86.1 Å². The van der Waals surface area contributed by atoms with Crippen molar-refractivity contribution in [3.05, 3.63) is 93.6 Å². The zero-order valence-corrected chi connectivity index (χ0v) is 55.3. The lowest BCUT2D eigenvalue weighted by Gasteiger charge is -2.42. The van der Waals surface area contributed by atoms with Crippen LogP contribution in [0.5, 0.6) is 5.75 Å². The van der Waals surface area contributed by atoms with Crippen molar-refractivity contribution in [1.82, 2.24) is 30.2 Å². The number of fused-ring (bicyclic) bond motifs is 5. The first kappa shape index (κ1) is 72.6. The van der Waals surface area contributed by atoms with Gasteiger partial charge in [0.1, 0.15) is 67.6 Å². The molecule has 5 aliphatic rings. The van der Waals surface area contributed by atoms with Gasteiger partial charge in [0.15, 0.2) is 5.72 Å². The number of allylic oxidation sites excluding steroid dienone is 3. The van der Waals surface area contributed by atoms with E-state index >= 15 is 0 Å². The van der Waals surface area contributed by atoms with E-state index in [0.717, 1.165) is 20.9 Å². The molecule has 0 radical (unpaired) electrons. The number of thioether (sulfide) groups is 1. The van der Waals surface area contributed by atoms with Crippen molar-refractivity contribution >= 4 is 88.8 Å². The Morgan fingerprint density at radius 3 is 2.39 bits per heavy atom. The number of epoxide rings is 1. The number of benzene rings is 2. The highest BCUT2D eigenvalue weighted by Gasteiger charge is 2.64. The van der Waals surface area contributed by atoms with Gasteiger partial charge in [-0.1, -0.05) is 60.5 Å². The molecule has 30 heteroatoms. The number of ketones is 1. The lowest BCUT2D eigenvalue weighted by Crippen LogP contribution is -2.63. The van der Waals surface area contributed by atoms with E-state index in [1.807, 2.05) is 13.0 Å². The van der Waals surface area contributed by atoms with Gasteiger partial charge in [-0.3, -0.25) is 39.5 Å². The van der Waals surface area contributed by atoms with E-state index in [4.69, 9.17) is 59.0 Å². The van der Waals surface area contributed by atoms with Gasteiger partial charge in [0.25, 0.3) is 5.91 Å².